The lowest BCUT2D eigenvalue weighted by Crippen LogP contribution is -2.46. The molecule has 0 aromatic carbocycles. The normalized spacial score (nSPS) is 20.4. The SMILES string of the molecule is C.C.C.CN1CC=C(C(C)(C)C)CC1.CN1CCC(C(=O)NC(C)(C)C)CC1.CN1CCC(C(C)(C)C)CC1. The van der Waals surface area contributed by atoms with E-state index in [1.54, 1.807) is 5.57 Å². The molecule has 3 aliphatic rings. The van der Waals surface area contributed by atoms with Crippen molar-refractivity contribution in [3.63, 3.8) is 0 Å². The Hall–Kier alpha value is -0.910. The summed E-state index contributed by atoms with van der Waals surface area (Å²) in [5, 5.41) is 3.05. The predicted molar refractivity (Wildman–Crippen MR) is 178 cm³/mol. The highest BCUT2D eigenvalue weighted by molar-refractivity contribution is 5.79. The van der Waals surface area contributed by atoms with E-state index in [2.05, 4.69) is 88.8 Å². The smallest absolute Gasteiger partial charge is 0.223 e. The lowest BCUT2D eigenvalue weighted by molar-refractivity contribution is -0.127. The van der Waals surface area contributed by atoms with Gasteiger partial charge < -0.3 is 20.0 Å². The third-order valence-electron chi connectivity index (χ3n) is 7.91. The number of amides is 1. The molecule has 1 amide bonds. The van der Waals surface area contributed by atoms with Crippen molar-refractivity contribution < 1.29 is 4.79 Å². The summed E-state index contributed by atoms with van der Waals surface area (Å²) in [5.41, 5.74) is 2.44. The second-order valence-corrected chi connectivity index (χ2v) is 14.8. The zero-order valence-corrected chi connectivity index (χ0v) is 26.3. The van der Waals surface area contributed by atoms with Crippen LogP contribution in [0.2, 0.25) is 0 Å². The van der Waals surface area contributed by atoms with Crippen molar-refractivity contribution in [2.75, 3.05) is 60.4 Å². The van der Waals surface area contributed by atoms with Gasteiger partial charge in [0.1, 0.15) is 0 Å². The first-order valence-corrected chi connectivity index (χ1v) is 14.5. The number of nitrogens with zero attached hydrogens (tertiary/aromatic N) is 3. The van der Waals surface area contributed by atoms with Gasteiger partial charge in [-0.1, -0.05) is 75.5 Å². The molecule has 2 fully saturated rings. The molecule has 5 nitrogen and oxygen atoms in total. The van der Waals surface area contributed by atoms with E-state index in [0.29, 0.717) is 10.8 Å². The lowest BCUT2D eigenvalue weighted by atomic mass is 9.75. The van der Waals surface area contributed by atoms with Gasteiger partial charge in [-0.05, 0) is 117 Å². The summed E-state index contributed by atoms with van der Waals surface area (Å²) in [6.07, 6.45) is 8.40. The molecule has 2 saturated heterocycles. The van der Waals surface area contributed by atoms with E-state index in [9.17, 15) is 4.79 Å². The second kappa shape index (κ2) is 18.5. The first kappa shape index (κ1) is 42.6. The number of nitrogens with one attached hydrogen (secondary N) is 1. The Labute approximate surface area is 247 Å². The molecular weight excluding hydrogens is 480 g/mol. The molecule has 0 bridgehead atoms. The summed E-state index contributed by atoms with van der Waals surface area (Å²) in [6, 6.07) is 0. The van der Waals surface area contributed by atoms with Gasteiger partial charge in [0, 0.05) is 24.5 Å². The minimum Gasteiger partial charge on any atom is -0.351 e. The average molecular weight is 555 g/mol. The van der Waals surface area contributed by atoms with E-state index >= 15 is 0 Å². The quantitative estimate of drug-likeness (QED) is 0.335. The zero-order chi connectivity index (χ0) is 27.7. The van der Waals surface area contributed by atoms with E-state index < -0.39 is 0 Å². The first-order chi connectivity index (χ1) is 16.4. The van der Waals surface area contributed by atoms with Gasteiger partial charge in [-0.2, -0.15) is 0 Å². The van der Waals surface area contributed by atoms with Crippen LogP contribution in [0.4, 0.5) is 0 Å². The van der Waals surface area contributed by atoms with Gasteiger partial charge in [0.25, 0.3) is 0 Å². The van der Waals surface area contributed by atoms with Gasteiger partial charge in [-0.15, -0.1) is 0 Å². The number of carbonyl (C=O) groups is 1. The minimum absolute atomic E-state index is 0. The molecule has 3 aliphatic heterocycles. The van der Waals surface area contributed by atoms with Crippen molar-refractivity contribution in [2.45, 2.75) is 122 Å². The molecule has 5 heteroatoms. The van der Waals surface area contributed by atoms with Crippen LogP contribution in [0.15, 0.2) is 11.6 Å². The molecule has 0 aromatic heterocycles. The summed E-state index contributed by atoms with van der Waals surface area (Å²) < 4.78 is 0. The number of likely N-dealkylation sites (tertiary alicyclic amines) is 2. The van der Waals surface area contributed by atoms with Gasteiger partial charge >= 0.3 is 0 Å². The predicted octanol–water partition coefficient (Wildman–Crippen LogP) is 7.82. The van der Waals surface area contributed by atoms with Crippen LogP contribution in [0.3, 0.4) is 0 Å². The third kappa shape index (κ3) is 18.2. The molecular formula is C34H74N4O. The van der Waals surface area contributed by atoms with Gasteiger partial charge in [-0.25, -0.2) is 0 Å². The lowest BCUT2D eigenvalue weighted by Gasteiger charge is -2.37. The fraction of sp³-hybridized carbons (Fsp3) is 0.912. The molecule has 3 heterocycles. The maximum atomic E-state index is 11.8. The maximum Gasteiger partial charge on any atom is 0.223 e. The first-order valence-electron chi connectivity index (χ1n) is 14.5. The standard InChI is InChI=1S/C11H22N2O.C10H21N.C10H19N.3CH4/c1-11(2,3)12-10(14)9-5-7-13(4)8-6-9;2*1-10(2,3)9-5-7-11(4)8-6-9;;;/h9H,5-8H2,1-4H3,(H,12,14);9H,5-8H2,1-4H3;5H,6-8H2,1-4H3;3*1H4. The largest absolute Gasteiger partial charge is 0.351 e. The number of likely N-dealkylation sites (N-methyl/N-ethyl adjacent to an activating group) is 1. The molecule has 0 saturated carbocycles. The topological polar surface area (TPSA) is 38.8 Å². The van der Waals surface area contributed by atoms with Gasteiger partial charge in [0.2, 0.25) is 5.91 Å². The number of piperidine rings is 2. The van der Waals surface area contributed by atoms with E-state index in [4.69, 9.17) is 0 Å². The molecule has 0 radical (unpaired) electrons. The van der Waals surface area contributed by atoms with Crippen molar-refractivity contribution in [1.82, 2.24) is 20.0 Å². The fourth-order valence-electron chi connectivity index (χ4n) is 5.07. The van der Waals surface area contributed by atoms with Gasteiger partial charge in [-0.3, -0.25) is 4.79 Å². The molecule has 236 valence electrons. The van der Waals surface area contributed by atoms with Crippen LogP contribution in [0.5, 0.6) is 0 Å². The summed E-state index contributed by atoms with van der Waals surface area (Å²) in [7, 11) is 6.51. The highest BCUT2D eigenvalue weighted by Crippen LogP contribution is 2.33. The van der Waals surface area contributed by atoms with E-state index in [-0.39, 0.29) is 39.6 Å². The molecule has 1 N–H and O–H groups in total. The molecule has 3 rings (SSSR count). The van der Waals surface area contributed by atoms with Crippen molar-refractivity contribution in [2.24, 2.45) is 22.7 Å². The zero-order valence-electron chi connectivity index (χ0n) is 26.3. The summed E-state index contributed by atoms with van der Waals surface area (Å²) in [5.74, 6) is 1.40. The van der Waals surface area contributed by atoms with Gasteiger partial charge in [0.15, 0.2) is 0 Å². The number of hydrogen-bond donors (Lipinski definition) is 1. The fourth-order valence-corrected chi connectivity index (χ4v) is 5.07. The van der Waals surface area contributed by atoms with Crippen LogP contribution in [0, 0.1) is 22.7 Å². The monoisotopic (exact) mass is 555 g/mol. The third-order valence-corrected chi connectivity index (χ3v) is 7.91. The summed E-state index contributed by atoms with van der Waals surface area (Å²) >= 11 is 0. The Morgan fingerprint density at radius 2 is 1.15 bits per heavy atom. The Balaban J connectivity index is -0.000000484. The van der Waals surface area contributed by atoms with Gasteiger partial charge in [0.05, 0.1) is 0 Å². The van der Waals surface area contributed by atoms with E-state index in [1.807, 2.05) is 20.8 Å². The molecule has 0 spiro atoms. The summed E-state index contributed by atoms with van der Waals surface area (Å²) in [6.45, 7) is 27.1. The number of carbonyl (C=O) groups excluding carboxylic acids is 1. The van der Waals surface area contributed by atoms with Crippen molar-refractivity contribution in [3.8, 4) is 0 Å². The van der Waals surface area contributed by atoms with Crippen molar-refractivity contribution >= 4 is 5.91 Å². The van der Waals surface area contributed by atoms with Crippen LogP contribution in [0.25, 0.3) is 0 Å². The number of rotatable bonds is 1. The van der Waals surface area contributed by atoms with Crippen LogP contribution < -0.4 is 5.32 Å². The highest BCUT2D eigenvalue weighted by atomic mass is 16.2. The minimum atomic E-state index is -0.0968. The molecule has 0 aromatic rings. The highest BCUT2D eigenvalue weighted by Gasteiger charge is 2.27. The van der Waals surface area contributed by atoms with E-state index in [0.717, 1.165) is 38.4 Å². The van der Waals surface area contributed by atoms with Crippen molar-refractivity contribution in [1.29, 1.82) is 0 Å². The Morgan fingerprint density at radius 3 is 1.49 bits per heavy atom. The Morgan fingerprint density at radius 1 is 0.718 bits per heavy atom. The Kier molecular flexibility index (Phi) is 20.2. The average Bonchev–Trinajstić information content (AvgIpc) is 2.73. The molecule has 39 heavy (non-hydrogen) atoms. The van der Waals surface area contributed by atoms with Crippen LogP contribution in [-0.2, 0) is 4.79 Å². The molecule has 0 aliphatic carbocycles. The Bertz CT molecular complexity index is 665. The van der Waals surface area contributed by atoms with Crippen molar-refractivity contribution in [3.05, 3.63) is 11.6 Å². The molecule has 0 atom stereocenters. The summed E-state index contributed by atoms with van der Waals surface area (Å²) in [4.78, 5) is 18.9. The van der Waals surface area contributed by atoms with Crippen LogP contribution >= 0.6 is 0 Å². The maximum absolute atomic E-state index is 11.8. The van der Waals surface area contributed by atoms with Crippen LogP contribution in [-0.4, -0.2) is 86.6 Å². The van der Waals surface area contributed by atoms with Crippen LogP contribution in [0.1, 0.15) is 117 Å². The molecule has 0 unspecified atom stereocenters. The van der Waals surface area contributed by atoms with E-state index in [1.165, 1.54) is 38.9 Å². The second-order valence-electron chi connectivity index (χ2n) is 14.8. The number of hydrogen-bond acceptors (Lipinski definition) is 4.